The third-order valence-corrected chi connectivity index (χ3v) is 3.71. The fraction of sp³-hybridized carbons (Fsp3) is 0.571. The van der Waals surface area contributed by atoms with Crippen LogP contribution in [0.4, 0.5) is 5.82 Å². The van der Waals surface area contributed by atoms with Gasteiger partial charge in [-0.25, -0.2) is 4.98 Å². The molecule has 0 aliphatic heterocycles. The Bertz CT molecular complexity index is 427. The molecule has 1 saturated carbocycles. The summed E-state index contributed by atoms with van der Waals surface area (Å²) in [5.74, 6) is 0.748. The van der Waals surface area contributed by atoms with Crippen LogP contribution in [0.1, 0.15) is 43.5 Å². The first-order valence-corrected chi connectivity index (χ1v) is 6.67. The van der Waals surface area contributed by atoms with Crippen LogP contribution in [0, 0.1) is 5.41 Å². The summed E-state index contributed by atoms with van der Waals surface area (Å²) in [5, 5.41) is 6.14. The quantitative estimate of drug-likeness (QED) is 0.811. The number of carbonyl (C=O) groups is 1. The van der Waals surface area contributed by atoms with E-state index < -0.39 is 0 Å². The van der Waals surface area contributed by atoms with Crippen molar-refractivity contribution in [1.29, 1.82) is 0 Å². The van der Waals surface area contributed by atoms with Gasteiger partial charge < -0.3 is 10.6 Å². The number of hydrogen-bond donors (Lipinski definition) is 2. The SMILES string of the molecule is CCNc1cc(C(=O)NCC2(CC)CC2)ccn1. The molecule has 0 unspecified atom stereocenters. The largest absolute Gasteiger partial charge is 0.370 e. The van der Waals surface area contributed by atoms with Crippen molar-refractivity contribution in [3.8, 4) is 0 Å². The molecule has 1 amide bonds. The van der Waals surface area contributed by atoms with E-state index >= 15 is 0 Å². The zero-order valence-electron chi connectivity index (χ0n) is 11.1. The highest BCUT2D eigenvalue weighted by Gasteiger charge is 2.40. The second-order valence-corrected chi connectivity index (χ2v) is 5.00. The summed E-state index contributed by atoms with van der Waals surface area (Å²) in [6, 6.07) is 3.55. The lowest BCUT2D eigenvalue weighted by atomic mass is 10.0. The first-order valence-electron chi connectivity index (χ1n) is 6.67. The molecule has 0 spiro atoms. The summed E-state index contributed by atoms with van der Waals surface area (Å²) in [4.78, 5) is 16.2. The Balaban J connectivity index is 1.93. The lowest BCUT2D eigenvalue weighted by Gasteiger charge is -2.13. The van der Waals surface area contributed by atoms with Gasteiger partial charge in [0.15, 0.2) is 0 Å². The minimum Gasteiger partial charge on any atom is -0.370 e. The monoisotopic (exact) mass is 247 g/mol. The van der Waals surface area contributed by atoms with E-state index in [2.05, 4.69) is 22.5 Å². The fourth-order valence-corrected chi connectivity index (χ4v) is 2.05. The second kappa shape index (κ2) is 5.38. The van der Waals surface area contributed by atoms with E-state index in [4.69, 9.17) is 0 Å². The van der Waals surface area contributed by atoms with Gasteiger partial charge in [-0.1, -0.05) is 6.92 Å². The van der Waals surface area contributed by atoms with Gasteiger partial charge in [0.1, 0.15) is 5.82 Å². The summed E-state index contributed by atoms with van der Waals surface area (Å²) in [6.07, 6.45) is 5.29. The van der Waals surface area contributed by atoms with Crippen molar-refractivity contribution >= 4 is 11.7 Å². The van der Waals surface area contributed by atoms with Crippen molar-refractivity contribution in [2.45, 2.75) is 33.1 Å². The van der Waals surface area contributed by atoms with Crippen molar-refractivity contribution in [2.75, 3.05) is 18.4 Å². The number of anilines is 1. The molecule has 0 radical (unpaired) electrons. The molecule has 2 N–H and O–H groups in total. The Morgan fingerprint density at radius 2 is 2.22 bits per heavy atom. The number of aromatic nitrogens is 1. The van der Waals surface area contributed by atoms with Gasteiger partial charge in [0.05, 0.1) is 0 Å². The number of hydrogen-bond acceptors (Lipinski definition) is 3. The molecular formula is C14H21N3O. The Kier molecular flexibility index (Phi) is 3.84. The average Bonchev–Trinajstić information content (AvgIpc) is 3.17. The van der Waals surface area contributed by atoms with Crippen LogP contribution >= 0.6 is 0 Å². The van der Waals surface area contributed by atoms with E-state index in [1.807, 2.05) is 6.92 Å². The number of nitrogens with zero attached hydrogens (tertiary/aromatic N) is 1. The molecule has 1 aromatic rings. The molecule has 0 atom stereocenters. The van der Waals surface area contributed by atoms with E-state index in [9.17, 15) is 4.79 Å². The Hall–Kier alpha value is -1.58. The fourth-order valence-electron chi connectivity index (χ4n) is 2.05. The van der Waals surface area contributed by atoms with Crippen LogP contribution in [0.15, 0.2) is 18.3 Å². The zero-order valence-corrected chi connectivity index (χ0v) is 11.1. The lowest BCUT2D eigenvalue weighted by molar-refractivity contribution is 0.0944. The summed E-state index contributed by atoms with van der Waals surface area (Å²) >= 11 is 0. The minimum atomic E-state index is -0.00345. The van der Waals surface area contributed by atoms with Gasteiger partial charge >= 0.3 is 0 Å². The predicted octanol–water partition coefficient (Wildman–Crippen LogP) is 2.43. The predicted molar refractivity (Wildman–Crippen MR) is 72.7 cm³/mol. The lowest BCUT2D eigenvalue weighted by Crippen LogP contribution is -2.30. The maximum atomic E-state index is 12.0. The third-order valence-electron chi connectivity index (χ3n) is 3.71. The van der Waals surface area contributed by atoms with Gasteiger partial charge in [-0.15, -0.1) is 0 Å². The van der Waals surface area contributed by atoms with Crippen LogP contribution in [0.5, 0.6) is 0 Å². The minimum absolute atomic E-state index is 0.00345. The average molecular weight is 247 g/mol. The topological polar surface area (TPSA) is 54.0 Å². The van der Waals surface area contributed by atoms with Gasteiger partial charge in [0, 0.05) is 24.8 Å². The van der Waals surface area contributed by atoms with Crippen molar-refractivity contribution < 1.29 is 4.79 Å². The second-order valence-electron chi connectivity index (χ2n) is 5.00. The molecule has 1 heterocycles. The molecule has 1 aliphatic carbocycles. The molecule has 2 rings (SSSR count). The van der Waals surface area contributed by atoms with Crippen LogP contribution in [0.3, 0.4) is 0 Å². The van der Waals surface area contributed by atoms with Crippen LogP contribution < -0.4 is 10.6 Å². The molecule has 1 aliphatic rings. The number of carbonyl (C=O) groups excluding carboxylic acids is 1. The standard InChI is InChI=1S/C14H21N3O/c1-3-14(6-7-14)10-17-13(18)11-5-8-16-12(9-11)15-4-2/h5,8-9H,3-4,6-7,10H2,1-2H3,(H,15,16)(H,17,18). The first-order chi connectivity index (χ1) is 8.69. The molecular weight excluding hydrogens is 226 g/mol. The summed E-state index contributed by atoms with van der Waals surface area (Å²) in [6.45, 7) is 5.79. The van der Waals surface area contributed by atoms with E-state index in [1.165, 1.54) is 12.8 Å². The highest BCUT2D eigenvalue weighted by atomic mass is 16.1. The van der Waals surface area contributed by atoms with E-state index in [1.54, 1.807) is 18.3 Å². The molecule has 98 valence electrons. The summed E-state index contributed by atoms with van der Waals surface area (Å²) < 4.78 is 0. The highest BCUT2D eigenvalue weighted by Crippen LogP contribution is 2.47. The maximum absolute atomic E-state index is 12.0. The number of rotatable bonds is 6. The van der Waals surface area contributed by atoms with Crippen LogP contribution in [0.25, 0.3) is 0 Å². The van der Waals surface area contributed by atoms with Crippen LogP contribution in [0.2, 0.25) is 0 Å². The van der Waals surface area contributed by atoms with Crippen molar-refractivity contribution in [1.82, 2.24) is 10.3 Å². The number of amides is 1. The summed E-state index contributed by atoms with van der Waals surface area (Å²) in [5.41, 5.74) is 1.06. The molecule has 4 nitrogen and oxygen atoms in total. The van der Waals surface area contributed by atoms with Crippen molar-refractivity contribution in [3.63, 3.8) is 0 Å². The molecule has 0 saturated heterocycles. The molecule has 0 bridgehead atoms. The van der Waals surface area contributed by atoms with Crippen LogP contribution in [-0.2, 0) is 0 Å². The van der Waals surface area contributed by atoms with Gasteiger partial charge in [-0.3, -0.25) is 4.79 Å². The Morgan fingerprint density at radius 3 is 2.83 bits per heavy atom. The van der Waals surface area contributed by atoms with Crippen molar-refractivity contribution in [2.24, 2.45) is 5.41 Å². The molecule has 18 heavy (non-hydrogen) atoms. The maximum Gasteiger partial charge on any atom is 0.251 e. The summed E-state index contributed by atoms with van der Waals surface area (Å²) in [7, 11) is 0. The molecule has 0 aromatic carbocycles. The number of pyridine rings is 1. The first kappa shape index (κ1) is 12.9. The molecule has 1 fully saturated rings. The van der Waals surface area contributed by atoms with E-state index in [0.29, 0.717) is 11.0 Å². The van der Waals surface area contributed by atoms with E-state index in [-0.39, 0.29) is 5.91 Å². The normalized spacial score (nSPS) is 16.1. The van der Waals surface area contributed by atoms with Gasteiger partial charge in [-0.05, 0) is 43.7 Å². The van der Waals surface area contributed by atoms with Crippen molar-refractivity contribution in [3.05, 3.63) is 23.9 Å². The number of nitrogens with one attached hydrogen (secondary N) is 2. The van der Waals surface area contributed by atoms with Crippen LogP contribution in [-0.4, -0.2) is 24.0 Å². The zero-order chi connectivity index (χ0) is 13.0. The Labute approximate surface area is 108 Å². The van der Waals surface area contributed by atoms with Gasteiger partial charge in [-0.2, -0.15) is 0 Å². The van der Waals surface area contributed by atoms with Gasteiger partial charge in [0.25, 0.3) is 5.91 Å². The highest BCUT2D eigenvalue weighted by molar-refractivity contribution is 5.94. The van der Waals surface area contributed by atoms with Gasteiger partial charge in [0.2, 0.25) is 0 Å². The Morgan fingerprint density at radius 1 is 1.44 bits per heavy atom. The molecule has 1 aromatic heterocycles. The molecule has 4 heteroatoms. The smallest absolute Gasteiger partial charge is 0.251 e. The third kappa shape index (κ3) is 3.00. The van der Waals surface area contributed by atoms with E-state index in [0.717, 1.165) is 25.3 Å².